The number of nitrogens with zero attached hydrogens (tertiary/aromatic N) is 1. The summed E-state index contributed by atoms with van der Waals surface area (Å²) >= 11 is 0. The molecule has 3 rings (SSSR count). The van der Waals surface area contributed by atoms with E-state index >= 15 is 0 Å². The second-order valence-corrected chi connectivity index (χ2v) is 4.02. The third-order valence-corrected chi connectivity index (χ3v) is 2.85. The Balaban J connectivity index is 2.13. The first-order valence-corrected chi connectivity index (χ1v) is 5.81. The van der Waals surface area contributed by atoms with Crippen molar-refractivity contribution in [1.82, 2.24) is 4.98 Å². The Bertz CT molecular complexity index is 640. The Morgan fingerprint density at radius 2 is 1.88 bits per heavy atom. The van der Waals surface area contributed by atoms with Gasteiger partial charge < -0.3 is 4.42 Å². The molecule has 0 aliphatic carbocycles. The topological polar surface area (TPSA) is 26.0 Å². The van der Waals surface area contributed by atoms with Crippen molar-refractivity contribution in [3.8, 4) is 11.3 Å². The van der Waals surface area contributed by atoms with Gasteiger partial charge in [0.05, 0.1) is 5.69 Å². The molecule has 0 radical (unpaired) electrons. The number of fused-ring (bicyclic) bond motifs is 1. The van der Waals surface area contributed by atoms with Gasteiger partial charge in [-0.05, 0) is 18.2 Å². The number of benzene rings is 1. The summed E-state index contributed by atoms with van der Waals surface area (Å²) in [6, 6.07) is 16.3. The average Bonchev–Trinajstić information content (AvgIpc) is 2.81. The lowest BCUT2D eigenvalue weighted by molar-refractivity contribution is 0.547. The quantitative estimate of drug-likeness (QED) is 0.654. The van der Waals surface area contributed by atoms with Crippen molar-refractivity contribution >= 4 is 11.1 Å². The molecule has 0 unspecified atom stereocenters. The van der Waals surface area contributed by atoms with Gasteiger partial charge in [0.25, 0.3) is 0 Å². The fraction of sp³-hybridized carbons (Fsp3) is 0.133. The molecule has 17 heavy (non-hydrogen) atoms. The normalized spacial score (nSPS) is 10.9. The first kappa shape index (κ1) is 10.1. The summed E-state index contributed by atoms with van der Waals surface area (Å²) in [5.41, 5.74) is 2.79. The largest absolute Gasteiger partial charge is 0.443 e. The third kappa shape index (κ3) is 1.82. The molecule has 0 saturated heterocycles. The van der Waals surface area contributed by atoms with Crippen molar-refractivity contribution in [2.45, 2.75) is 13.3 Å². The molecule has 0 spiro atoms. The molecule has 0 aliphatic rings. The zero-order valence-corrected chi connectivity index (χ0v) is 9.68. The molecule has 2 heterocycles. The molecule has 0 amide bonds. The van der Waals surface area contributed by atoms with Crippen molar-refractivity contribution in [3.63, 3.8) is 0 Å². The number of hydrogen-bond donors (Lipinski definition) is 0. The molecule has 2 aromatic heterocycles. The standard InChI is InChI=1S/C15H13NO/c1-2-13-10-12-8-9-14(16-15(12)17-13)11-6-4-3-5-7-11/h3-10H,2H2,1H3. The van der Waals surface area contributed by atoms with Crippen LogP contribution in [0.5, 0.6) is 0 Å². The third-order valence-electron chi connectivity index (χ3n) is 2.85. The van der Waals surface area contributed by atoms with Crippen LogP contribution in [0.2, 0.25) is 0 Å². The van der Waals surface area contributed by atoms with E-state index in [1.54, 1.807) is 0 Å². The molecular formula is C15H13NO. The molecule has 0 atom stereocenters. The predicted molar refractivity (Wildman–Crippen MR) is 68.8 cm³/mol. The molecular weight excluding hydrogens is 210 g/mol. The summed E-state index contributed by atoms with van der Waals surface area (Å²) in [7, 11) is 0. The van der Waals surface area contributed by atoms with E-state index in [2.05, 4.69) is 36.2 Å². The van der Waals surface area contributed by atoms with E-state index in [-0.39, 0.29) is 0 Å². The van der Waals surface area contributed by atoms with Crippen LogP contribution in [0.3, 0.4) is 0 Å². The van der Waals surface area contributed by atoms with Gasteiger partial charge >= 0.3 is 0 Å². The lowest BCUT2D eigenvalue weighted by Gasteiger charge is -1.99. The highest BCUT2D eigenvalue weighted by atomic mass is 16.3. The molecule has 0 fully saturated rings. The maximum atomic E-state index is 5.67. The van der Waals surface area contributed by atoms with Gasteiger partial charge in [0, 0.05) is 17.4 Å². The van der Waals surface area contributed by atoms with Crippen LogP contribution in [0.15, 0.2) is 52.9 Å². The van der Waals surface area contributed by atoms with Crippen LogP contribution in [0, 0.1) is 0 Å². The summed E-state index contributed by atoms with van der Waals surface area (Å²) in [6.45, 7) is 2.08. The number of furan rings is 1. The Morgan fingerprint density at radius 1 is 1.06 bits per heavy atom. The average molecular weight is 223 g/mol. The SMILES string of the molecule is CCc1cc2ccc(-c3ccccc3)nc2o1. The number of rotatable bonds is 2. The molecule has 0 saturated carbocycles. The molecule has 0 N–H and O–H groups in total. The van der Waals surface area contributed by atoms with E-state index in [0.29, 0.717) is 0 Å². The molecule has 84 valence electrons. The molecule has 0 bridgehead atoms. The Kier molecular flexibility index (Phi) is 2.41. The minimum Gasteiger partial charge on any atom is -0.443 e. The highest BCUT2D eigenvalue weighted by molar-refractivity contribution is 5.77. The van der Waals surface area contributed by atoms with Crippen molar-refractivity contribution in [3.05, 3.63) is 54.3 Å². The maximum Gasteiger partial charge on any atom is 0.226 e. The van der Waals surface area contributed by atoms with Crippen molar-refractivity contribution in [2.24, 2.45) is 0 Å². The fourth-order valence-electron chi connectivity index (χ4n) is 1.91. The van der Waals surface area contributed by atoms with E-state index in [1.807, 2.05) is 24.3 Å². The number of pyridine rings is 1. The number of aryl methyl sites for hydroxylation is 1. The van der Waals surface area contributed by atoms with E-state index in [9.17, 15) is 0 Å². The van der Waals surface area contributed by atoms with Gasteiger partial charge in [0.15, 0.2) is 0 Å². The second-order valence-electron chi connectivity index (χ2n) is 4.02. The molecule has 3 aromatic rings. The summed E-state index contributed by atoms with van der Waals surface area (Å²) in [4.78, 5) is 4.55. The predicted octanol–water partition coefficient (Wildman–Crippen LogP) is 4.06. The first-order chi connectivity index (χ1) is 8.36. The van der Waals surface area contributed by atoms with Crippen LogP contribution in [0.25, 0.3) is 22.4 Å². The monoisotopic (exact) mass is 223 g/mol. The minimum absolute atomic E-state index is 0.725. The summed E-state index contributed by atoms with van der Waals surface area (Å²) in [6.07, 6.45) is 0.900. The number of hydrogen-bond acceptors (Lipinski definition) is 2. The molecule has 0 aliphatic heterocycles. The van der Waals surface area contributed by atoms with Crippen LogP contribution < -0.4 is 0 Å². The smallest absolute Gasteiger partial charge is 0.226 e. The van der Waals surface area contributed by atoms with Crippen LogP contribution in [-0.2, 0) is 6.42 Å². The first-order valence-electron chi connectivity index (χ1n) is 5.81. The zero-order chi connectivity index (χ0) is 11.7. The van der Waals surface area contributed by atoms with E-state index < -0.39 is 0 Å². The molecule has 2 heteroatoms. The highest BCUT2D eigenvalue weighted by Gasteiger charge is 2.05. The van der Waals surface area contributed by atoms with Gasteiger partial charge in [-0.15, -0.1) is 0 Å². The van der Waals surface area contributed by atoms with Gasteiger partial charge in [-0.25, -0.2) is 4.98 Å². The van der Waals surface area contributed by atoms with Gasteiger partial charge in [0.2, 0.25) is 5.71 Å². The lowest BCUT2D eigenvalue weighted by Crippen LogP contribution is -1.82. The van der Waals surface area contributed by atoms with Crippen molar-refractivity contribution < 1.29 is 4.42 Å². The Labute approximate surface area is 99.9 Å². The van der Waals surface area contributed by atoms with Crippen molar-refractivity contribution in [2.75, 3.05) is 0 Å². The second kappa shape index (κ2) is 4.06. The summed E-state index contributed by atoms with van der Waals surface area (Å²) in [5, 5.41) is 1.07. The van der Waals surface area contributed by atoms with E-state index in [0.717, 1.165) is 34.5 Å². The maximum absolute atomic E-state index is 5.67. The van der Waals surface area contributed by atoms with Gasteiger partial charge in [0.1, 0.15) is 5.76 Å². The van der Waals surface area contributed by atoms with Gasteiger partial charge in [-0.3, -0.25) is 0 Å². The molecule has 2 nitrogen and oxygen atoms in total. The Morgan fingerprint density at radius 3 is 2.65 bits per heavy atom. The summed E-state index contributed by atoms with van der Waals surface area (Å²) in [5.74, 6) is 0.984. The highest BCUT2D eigenvalue weighted by Crippen LogP contribution is 2.23. The fourth-order valence-corrected chi connectivity index (χ4v) is 1.91. The van der Waals surface area contributed by atoms with E-state index in [1.165, 1.54) is 0 Å². The van der Waals surface area contributed by atoms with Crippen LogP contribution in [0.4, 0.5) is 0 Å². The number of aromatic nitrogens is 1. The Hall–Kier alpha value is -2.09. The van der Waals surface area contributed by atoms with Crippen LogP contribution in [-0.4, -0.2) is 4.98 Å². The van der Waals surface area contributed by atoms with Crippen LogP contribution >= 0.6 is 0 Å². The minimum atomic E-state index is 0.725. The molecule has 1 aromatic carbocycles. The van der Waals surface area contributed by atoms with E-state index in [4.69, 9.17) is 4.42 Å². The van der Waals surface area contributed by atoms with Gasteiger partial charge in [-0.1, -0.05) is 37.3 Å². The van der Waals surface area contributed by atoms with Crippen molar-refractivity contribution in [1.29, 1.82) is 0 Å². The zero-order valence-electron chi connectivity index (χ0n) is 9.68. The lowest BCUT2D eigenvalue weighted by atomic mass is 10.1. The van der Waals surface area contributed by atoms with Gasteiger partial charge in [-0.2, -0.15) is 0 Å². The van der Waals surface area contributed by atoms with Crippen LogP contribution in [0.1, 0.15) is 12.7 Å². The summed E-state index contributed by atoms with van der Waals surface area (Å²) < 4.78 is 5.67.